The van der Waals surface area contributed by atoms with E-state index in [1.165, 1.54) is 17.3 Å². The Morgan fingerprint density at radius 2 is 2.04 bits per heavy atom. The Bertz CT molecular complexity index is 907. The van der Waals surface area contributed by atoms with Gasteiger partial charge in [-0.1, -0.05) is 60.4 Å². The Kier molecular flexibility index (Phi) is 4.59. The van der Waals surface area contributed by atoms with Gasteiger partial charge in [0.05, 0.1) is 10.9 Å². The molecule has 0 aromatic heterocycles. The van der Waals surface area contributed by atoms with Crippen LogP contribution in [0.4, 0.5) is 0 Å². The molecule has 26 heavy (non-hydrogen) atoms. The van der Waals surface area contributed by atoms with E-state index in [4.69, 9.17) is 17.0 Å². The molecular formula is C21H19NO2S2. The van der Waals surface area contributed by atoms with Gasteiger partial charge in [0, 0.05) is 6.42 Å². The van der Waals surface area contributed by atoms with E-state index in [-0.39, 0.29) is 18.1 Å². The van der Waals surface area contributed by atoms with Crippen molar-refractivity contribution in [3.05, 3.63) is 70.1 Å². The monoisotopic (exact) mass is 381 g/mol. The molecule has 0 N–H and O–H groups in total. The molecule has 132 valence electrons. The molecule has 3 nitrogen and oxygen atoms in total. The normalized spacial score (nSPS) is 21.8. The number of carbonyl (C=O) groups is 1. The summed E-state index contributed by atoms with van der Waals surface area (Å²) in [5.74, 6) is 0.918. The van der Waals surface area contributed by atoms with Crippen molar-refractivity contribution in [1.29, 1.82) is 0 Å². The second kappa shape index (κ2) is 6.89. The van der Waals surface area contributed by atoms with Gasteiger partial charge in [-0.15, -0.1) is 0 Å². The van der Waals surface area contributed by atoms with Crippen LogP contribution in [0, 0.1) is 0 Å². The van der Waals surface area contributed by atoms with Crippen LogP contribution in [0.3, 0.4) is 0 Å². The van der Waals surface area contributed by atoms with Gasteiger partial charge < -0.3 is 4.74 Å². The van der Waals surface area contributed by atoms with Gasteiger partial charge in [0.1, 0.15) is 16.2 Å². The number of hydrogen-bond donors (Lipinski definition) is 0. The summed E-state index contributed by atoms with van der Waals surface area (Å²) in [7, 11) is 0. The number of thioether (sulfide) groups is 1. The number of carbonyl (C=O) groups excluding carboxylic acids is 1. The molecule has 0 spiro atoms. The first-order chi connectivity index (χ1) is 12.5. The van der Waals surface area contributed by atoms with Crippen LogP contribution in [0.2, 0.25) is 0 Å². The van der Waals surface area contributed by atoms with Gasteiger partial charge in [0.15, 0.2) is 0 Å². The van der Waals surface area contributed by atoms with E-state index in [0.717, 1.165) is 23.3 Å². The lowest BCUT2D eigenvalue weighted by atomic mass is 10.1. The Balaban J connectivity index is 1.59. The minimum absolute atomic E-state index is 0.0264. The van der Waals surface area contributed by atoms with Crippen LogP contribution in [0.1, 0.15) is 36.6 Å². The first-order valence-electron chi connectivity index (χ1n) is 8.64. The van der Waals surface area contributed by atoms with Gasteiger partial charge in [0.2, 0.25) is 0 Å². The molecular weight excluding hydrogens is 362 g/mol. The van der Waals surface area contributed by atoms with E-state index in [9.17, 15) is 4.79 Å². The summed E-state index contributed by atoms with van der Waals surface area (Å²) in [5.41, 5.74) is 3.28. The van der Waals surface area contributed by atoms with Crippen molar-refractivity contribution in [2.24, 2.45) is 0 Å². The van der Waals surface area contributed by atoms with Gasteiger partial charge in [0.25, 0.3) is 5.91 Å². The van der Waals surface area contributed by atoms with E-state index in [1.54, 1.807) is 4.90 Å². The zero-order chi connectivity index (χ0) is 18.3. The molecule has 2 aliphatic heterocycles. The third-order valence-electron chi connectivity index (χ3n) is 4.71. The van der Waals surface area contributed by atoms with Crippen LogP contribution in [0.15, 0.2) is 53.4 Å². The van der Waals surface area contributed by atoms with Crippen LogP contribution < -0.4 is 4.74 Å². The van der Waals surface area contributed by atoms with E-state index in [1.807, 2.05) is 55.5 Å². The topological polar surface area (TPSA) is 29.5 Å². The highest BCUT2D eigenvalue weighted by molar-refractivity contribution is 8.26. The Hall–Kier alpha value is -2.11. The lowest BCUT2D eigenvalue weighted by Gasteiger charge is -2.23. The summed E-state index contributed by atoms with van der Waals surface area (Å²) in [6.07, 6.45) is 3.05. The van der Waals surface area contributed by atoms with Crippen LogP contribution >= 0.6 is 24.0 Å². The Labute approximate surface area is 163 Å². The highest BCUT2D eigenvalue weighted by Gasteiger charge is 2.36. The van der Waals surface area contributed by atoms with E-state index >= 15 is 0 Å². The third kappa shape index (κ3) is 3.17. The van der Waals surface area contributed by atoms with Crippen LogP contribution in [-0.4, -0.2) is 21.2 Å². The van der Waals surface area contributed by atoms with Crippen molar-refractivity contribution in [2.45, 2.75) is 32.4 Å². The minimum atomic E-state index is -0.0797. The summed E-state index contributed by atoms with van der Waals surface area (Å²) in [5, 5.41) is 0. The summed E-state index contributed by atoms with van der Waals surface area (Å²) < 4.78 is 6.35. The maximum Gasteiger partial charge on any atom is 0.266 e. The number of ether oxygens (including phenoxy) is 1. The number of fused-ring (bicyclic) bond motifs is 1. The molecule has 0 aliphatic carbocycles. The van der Waals surface area contributed by atoms with Crippen molar-refractivity contribution < 1.29 is 9.53 Å². The number of hydrogen-bond acceptors (Lipinski definition) is 4. The van der Waals surface area contributed by atoms with Crippen molar-refractivity contribution in [1.82, 2.24) is 4.90 Å². The van der Waals surface area contributed by atoms with E-state index in [2.05, 4.69) is 13.0 Å². The fourth-order valence-electron chi connectivity index (χ4n) is 3.38. The lowest BCUT2D eigenvalue weighted by molar-refractivity contribution is -0.123. The fourth-order valence-corrected chi connectivity index (χ4v) is 4.80. The van der Waals surface area contributed by atoms with E-state index < -0.39 is 0 Å². The second-order valence-corrected chi connectivity index (χ2v) is 8.31. The molecule has 1 fully saturated rings. The van der Waals surface area contributed by atoms with Crippen LogP contribution in [0.25, 0.3) is 6.08 Å². The average Bonchev–Trinajstić information content (AvgIpc) is 3.13. The first kappa shape index (κ1) is 17.3. The maximum atomic E-state index is 12.9. The smallest absolute Gasteiger partial charge is 0.266 e. The molecule has 2 heterocycles. The predicted octanol–water partition coefficient (Wildman–Crippen LogP) is 4.97. The Morgan fingerprint density at radius 1 is 1.27 bits per heavy atom. The zero-order valence-corrected chi connectivity index (χ0v) is 16.3. The van der Waals surface area contributed by atoms with Crippen molar-refractivity contribution in [3.63, 3.8) is 0 Å². The SMILES string of the molecule is C[C@H](c1ccccc1)N1C(=O)/C(=C\c2ccc3c(c2)C[C@H](C)O3)SC1=S. The molecule has 2 aliphatic rings. The van der Waals surface area contributed by atoms with Crippen molar-refractivity contribution in [3.8, 4) is 5.75 Å². The second-order valence-electron chi connectivity index (χ2n) is 6.64. The van der Waals surface area contributed by atoms with Crippen molar-refractivity contribution in [2.75, 3.05) is 0 Å². The molecule has 2 aromatic carbocycles. The number of rotatable bonds is 3. The fraction of sp³-hybridized carbons (Fsp3) is 0.238. The summed E-state index contributed by atoms with van der Waals surface area (Å²) in [6.45, 7) is 4.08. The zero-order valence-electron chi connectivity index (χ0n) is 14.6. The summed E-state index contributed by atoms with van der Waals surface area (Å²) >= 11 is 6.86. The standard InChI is InChI=1S/C21H19NO2S2/c1-13-10-17-11-15(8-9-18(17)24-13)12-19-20(23)22(21(25)26-19)14(2)16-6-4-3-5-7-16/h3-9,11-14H,10H2,1-2H3/b19-12+/t13-,14+/m0/s1. The molecule has 2 aromatic rings. The molecule has 5 heteroatoms. The van der Waals surface area contributed by atoms with Crippen LogP contribution in [-0.2, 0) is 11.2 Å². The van der Waals surface area contributed by atoms with Gasteiger partial charge in [-0.25, -0.2) is 0 Å². The number of amides is 1. The molecule has 0 bridgehead atoms. The summed E-state index contributed by atoms with van der Waals surface area (Å²) in [4.78, 5) is 15.3. The number of nitrogens with zero attached hydrogens (tertiary/aromatic N) is 1. The highest BCUT2D eigenvalue weighted by Crippen LogP contribution is 2.38. The van der Waals surface area contributed by atoms with Gasteiger partial charge in [-0.05, 0) is 48.7 Å². The maximum absolute atomic E-state index is 12.9. The molecule has 0 unspecified atom stereocenters. The molecule has 4 rings (SSSR count). The number of benzene rings is 2. The summed E-state index contributed by atoms with van der Waals surface area (Å²) in [6, 6.07) is 16.0. The third-order valence-corrected chi connectivity index (χ3v) is 6.04. The quantitative estimate of drug-likeness (QED) is 0.554. The minimum Gasteiger partial charge on any atom is -0.490 e. The molecule has 1 saturated heterocycles. The van der Waals surface area contributed by atoms with Gasteiger partial charge in [-0.2, -0.15) is 0 Å². The lowest BCUT2D eigenvalue weighted by Crippen LogP contribution is -2.30. The average molecular weight is 382 g/mol. The first-order valence-corrected chi connectivity index (χ1v) is 9.87. The van der Waals surface area contributed by atoms with E-state index in [0.29, 0.717) is 9.23 Å². The molecule has 2 atom stereocenters. The number of thiocarbonyl (C=S) groups is 1. The largest absolute Gasteiger partial charge is 0.490 e. The Morgan fingerprint density at radius 3 is 2.81 bits per heavy atom. The highest BCUT2D eigenvalue weighted by atomic mass is 32.2. The van der Waals surface area contributed by atoms with Crippen LogP contribution in [0.5, 0.6) is 5.75 Å². The predicted molar refractivity (Wildman–Crippen MR) is 110 cm³/mol. The molecule has 0 saturated carbocycles. The van der Waals surface area contributed by atoms with Gasteiger partial charge >= 0.3 is 0 Å². The molecule has 1 amide bonds. The molecule has 0 radical (unpaired) electrons. The van der Waals surface area contributed by atoms with Gasteiger partial charge in [-0.3, -0.25) is 9.69 Å². The van der Waals surface area contributed by atoms with Crippen molar-refractivity contribution >= 4 is 40.3 Å².